The Bertz CT molecular complexity index is 653. The molecule has 0 aliphatic carbocycles. The number of hydrogen-bond acceptors (Lipinski definition) is 5. The van der Waals surface area contributed by atoms with Crippen LogP contribution in [0.1, 0.15) is 10.4 Å². The summed E-state index contributed by atoms with van der Waals surface area (Å²) in [7, 11) is 0. The Balaban J connectivity index is 1.99. The topological polar surface area (TPSA) is 104 Å². The summed E-state index contributed by atoms with van der Waals surface area (Å²) in [6.45, 7) is 3.00. The van der Waals surface area contributed by atoms with Gasteiger partial charge in [0.15, 0.2) is 0 Å². The first kappa shape index (κ1) is 14.8. The molecule has 1 saturated heterocycles. The van der Waals surface area contributed by atoms with Crippen molar-refractivity contribution in [3.8, 4) is 0 Å². The monoisotopic (exact) mass is 306 g/mol. The van der Waals surface area contributed by atoms with Crippen LogP contribution in [0.3, 0.4) is 0 Å². The molecule has 1 aliphatic heterocycles. The van der Waals surface area contributed by atoms with E-state index in [4.69, 9.17) is 5.11 Å². The Kier molecular flexibility index (Phi) is 4.08. The van der Waals surface area contributed by atoms with Gasteiger partial charge in [-0.2, -0.15) is 0 Å². The summed E-state index contributed by atoms with van der Waals surface area (Å²) >= 11 is 0.688. The molecule has 1 fully saturated rings. The lowest BCUT2D eigenvalue weighted by Gasteiger charge is -2.12. The molecule has 0 spiro atoms. The lowest BCUT2D eigenvalue weighted by Crippen LogP contribution is -2.36. The maximum Gasteiger partial charge on any atom is 0.335 e. The summed E-state index contributed by atoms with van der Waals surface area (Å²) in [5.74, 6) is -2.21. The smallest absolute Gasteiger partial charge is 0.335 e. The normalized spacial score (nSPS) is 14.5. The zero-order valence-corrected chi connectivity index (χ0v) is 11.5. The molecule has 21 heavy (non-hydrogen) atoms. The van der Waals surface area contributed by atoms with Crippen molar-refractivity contribution in [2.45, 2.75) is 0 Å². The average Bonchev–Trinajstić information content (AvgIpc) is 2.66. The minimum atomic E-state index is -1.07. The second-order valence-corrected chi connectivity index (χ2v) is 5.16. The second kappa shape index (κ2) is 5.80. The number of nitrogens with zero attached hydrogens (tertiary/aromatic N) is 1. The van der Waals surface area contributed by atoms with Gasteiger partial charge in [-0.05, 0) is 36.0 Å². The maximum absolute atomic E-state index is 11.8. The molecule has 2 N–H and O–H groups in total. The molecule has 0 saturated carbocycles. The SMILES string of the molecule is C=C1SC(=O)N(CC(=O)Nc2ccc(C(=O)O)cc2)C1=O. The van der Waals surface area contributed by atoms with E-state index in [2.05, 4.69) is 11.9 Å². The highest BCUT2D eigenvalue weighted by atomic mass is 32.2. The number of carboxylic acids is 1. The van der Waals surface area contributed by atoms with Crippen LogP contribution >= 0.6 is 11.8 Å². The highest BCUT2D eigenvalue weighted by Gasteiger charge is 2.34. The van der Waals surface area contributed by atoms with Gasteiger partial charge < -0.3 is 10.4 Å². The van der Waals surface area contributed by atoms with E-state index in [9.17, 15) is 19.2 Å². The van der Waals surface area contributed by atoms with Gasteiger partial charge in [-0.1, -0.05) is 6.58 Å². The van der Waals surface area contributed by atoms with Crippen LogP contribution in [0.4, 0.5) is 10.5 Å². The van der Waals surface area contributed by atoms with Gasteiger partial charge in [-0.25, -0.2) is 4.79 Å². The molecule has 8 heteroatoms. The Hall–Kier alpha value is -2.61. The van der Waals surface area contributed by atoms with Crippen molar-refractivity contribution >= 4 is 40.5 Å². The number of amides is 3. The largest absolute Gasteiger partial charge is 0.478 e. The number of thioether (sulfide) groups is 1. The summed E-state index contributed by atoms with van der Waals surface area (Å²) < 4.78 is 0. The molecule has 0 bridgehead atoms. The van der Waals surface area contributed by atoms with Gasteiger partial charge in [0.2, 0.25) is 5.91 Å². The molecule has 0 radical (unpaired) electrons. The molecule has 3 amide bonds. The van der Waals surface area contributed by atoms with Crippen LogP contribution in [0.25, 0.3) is 0 Å². The van der Waals surface area contributed by atoms with Crippen molar-refractivity contribution in [2.75, 3.05) is 11.9 Å². The quantitative estimate of drug-likeness (QED) is 0.818. The van der Waals surface area contributed by atoms with Crippen molar-refractivity contribution in [2.24, 2.45) is 0 Å². The fourth-order valence-corrected chi connectivity index (χ4v) is 2.28. The van der Waals surface area contributed by atoms with Crippen molar-refractivity contribution in [1.82, 2.24) is 4.90 Å². The van der Waals surface area contributed by atoms with Gasteiger partial charge in [0.1, 0.15) is 6.54 Å². The molecule has 108 valence electrons. The first-order valence-corrected chi connectivity index (χ1v) is 6.56. The number of hydrogen-bond donors (Lipinski definition) is 2. The first-order chi connectivity index (χ1) is 9.88. The summed E-state index contributed by atoms with van der Waals surface area (Å²) in [4.78, 5) is 46.4. The summed E-state index contributed by atoms with van der Waals surface area (Å²) in [6, 6.07) is 5.51. The molecule has 0 unspecified atom stereocenters. The van der Waals surface area contributed by atoms with E-state index in [0.29, 0.717) is 17.4 Å². The summed E-state index contributed by atoms with van der Waals surface area (Å²) in [5, 5.41) is 10.7. The van der Waals surface area contributed by atoms with Crippen LogP contribution < -0.4 is 5.32 Å². The number of anilines is 1. The van der Waals surface area contributed by atoms with Crippen molar-refractivity contribution < 1.29 is 24.3 Å². The molecule has 7 nitrogen and oxygen atoms in total. The molecule has 0 atom stereocenters. The zero-order chi connectivity index (χ0) is 15.6. The van der Waals surface area contributed by atoms with E-state index >= 15 is 0 Å². The van der Waals surface area contributed by atoms with Gasteiger partial charge in [0.25, 0.3) is 11.1 Å². The highest BCUT2D eigenvalue weighted by Crippen LogP contribution is 2.28. The van der Waals surface area contributed by atoms with Crippen LogP contribution in [-0.4, -0.2) is 39.6 Å². The van der Waals surface area contributed by atoms with Gasteiger partial charge >= 0.3 is 5.97 Å². The highest BCUT2D eigenvalue weighted by molar-refractivity contribution is 8.18. The van der Waals surface area contributed by atoms with Crippen molar-refractivity contribution in [1.29, 1.82) is 0 Å². The van der Waals surface area contributed by atoms with Gasteiger partial charge in [0, 0.05) is 5.69 Å². The molecular weight excluding hydrogens is 296 g/mol. The predicted molar refractivity (Wildman–Crippen MR) is 75.9 cm³/mol. The third kappa shape index (κ3) is 3.29. The van der Waals surface area contributed by atoms with E-state index in [1.807, 2.05) is 0 Å². The summed E-state index contributed by atoms with van der Waals surface area (Å²) in [6.07, 6.45) is 0. The third-order valence-corrected chi connectivity index (χ3v) is 3.45. The number of nitrogens with one attached hydrogen (secondary N) is 1. The Morgan fingerprint density at radius 2 is 1.86 bits per heavy atom. The predicted octanol–water partition coefficient (Wildman–Crippen LogP) is 1.53. The Morgan fingerprint density at radius 3 is 2.33 bits per heavy atom. The molecule has 0 aromatic heterocycles. The summed E-state index contributed by atoms with van der Waals surface area (Å²) in [5.41, 5.74) is 0.459. The minimum absolute atomic E-state index is 0.0820. The number of carbonyl (C=O) groups is 4. The second-order valence-electron chi connectivity index (χ2n) is 4.11. The third-order valence-electron chi connectivity index (χ3n) is 2.63. The molecule has 1 heterocycles. The van der Waals surface area contributed by atoms with Crippen molar-refractivity contribution in [3.05, 3.63) is 41.3 Å². The standard InChI is InChI=1S/C13H10N2O5S/c1-7-11(17)15(13(20)21-7)6-10(16)14-9-4-2-8(3-5-9)12(18)19/h2-5H,1,6H2,(H,14,16)(H,18,19). The molecule has 1 aliphatic rings. The lowest BCUT2D eigenvalue weighted by molar-refractivity contribution is -0.127. The number of rotatable bonds is 4. The first-order valence-electron chi connectivity index (χ1n) is 5.74. The van der Waals surface area contributed by atoms with E-state index < -0.39 is 29.6 Å². The van der Waals surface area contributed by atoms with Crippen LogP contribution in [0, 0.1) is 0 Å². The molecular formula is C13H10N2O5S. The lowest BCUT2D eigenvalue weighted by atomic mass is 10.2. The zero-order valence-electron chi connectivity index (χ0n) is 10.7. The fourth-order valence-electron chi connectivity index (χ4n) is 1.61. The number of aromatic carboxylic acids is 1. The van der Waals surface area contributed by atoms with Crippen molar-refractivity contribution in [3.63, 3.8) is 0 Å². The molecule has 2 rings (SSSR count). The molecule has 1 aromatic rings. The average molecular weight is 306 g/mol. The molecule has 1 aromatic carbocycles. The Labute approximate surface area is 123 Å². The van der Waals surface area contributed by atoms with Crippen LogP contribution in [0.2, 0.25) is 0 Å². The van der Waals surface area contributed by atoms with Gasteiger partial charge in [-0.15, -0.1) is 0 Å². The van der Waals surface area contributed by atoms with E-state index in [-0.39, 0.29) is 10.5 Å². The van der Waals surface area contributed by atoms with E-state index in [1.54, 1.807) is 0 Å². The van der Waals surface area contributed by atoms with Gasteiger partial charge in [-0.3, -0.25) is 19.3 Å². The number of imide groups is 1. The number of benzene rings is 1. The maximum atomic E-state index is 11.8. The van der Waals surface area contributed by atoms with E-state index in [1.165, 1.54) is 24.3 Å². The van der Waals surface area contributed by atoms with Crippen LogP contribution in [0.5, 0.6) is 0 Å². The Morgan fingerprint density at radius 1 is 1.24 bits per heavy atom. The number of carbonyl (C=O) groups excluding carboxylic acids is 3. The van der Waals surface area contributed by atoms with Crippen LogP contribution in [0.15, 0.2) is 35.7 Å². The fraction of sp³-hybridized carbons (Fsp3) is 0.0769. The minimum Gasteiger partial charge on any atom is -0.478 e. The van der Waals surface area contributed by atoms with Crippen LogP contribution in [-0.2, 0) is 9.59 Å². The number of carboxylic acid groups (broad SMARTS) is 1. The van der Waals surface area contributed by atoms with E-state index in [0.717, 1.165) is 4.90 Å². The van der Waals surface area contributed by atoms with Gasteiger partial charge in [0.05, 0.1) is 10.5 Å².